The van der Waals surface area contributed by atoms with E-state index in [0.717, 1.165) is 91.6 Å². The number of aromatic nitrogens is 1. The molecule has 6 bridgehead atoms. The zero-order valence-corrected chi connectivity index (χ0v) is 30.7. The molecule has 4 aromatic carbocycles. The molecule has 5 heteroatoms. The molecule has 0 amide bonds. The van der Waals surface area contributed by atoms with Gasteiger partial charge in [-0.3, -0.25) is 0 Å². The summed E-state index contributed by atoms with van der Waals surface area (Å²) in [5.41, 5.74) is 21.2. The minimum Gasteiger partial charge on any atom is -0.248 e. The van der Waals surface area contributed by atoms with Crippen LogP contribution >= 0.6 is 0 Å². The minimum absolute atomic E-state index is 0.842. The number of rotatable bonds is 4. The van der Waals surface area contributed by atoms with Gasteiger partial charge in [0.25, 0.3) is 0 Å². The normalized spacial score (nSPS) is 16.4. The highest BCUT2D eigenvalue weighted by atomic mass is 15.7. The van der Waals surface area contributed by atoms with Crippen LogP contribution in [0.2, 0.25) is 0 Å². The largest absolute Gasteiger partial charge is 0.248 e. The third-order valence-corrected chi connectivity index (χ3v) is 9.86. The molecular weight excluding hydrogens is 647 g/mol. The number of aliphatic imine (C=N–C) groups is 2. The summed E-state index contributed by atoms with van der Waals surface area (Å²) in [6.07, 6.45) is 10.4. The van der Waals surface area contributed by atoms with E-state index in [-0.39, 0.29) is 0 Å². The quantitative estimate of drug-likeness (QED) is 0.204. The van der Waals surface area contributed by atoms with Gasteiger partial charge in [-0.05, 0) is 71.5 Å². The number of benzene rings is 4. The second-order valence-corrected chi connectivity index (χ2v) is 12.7. The fourth-order valence-electron chi connectivity index (χ4n) is 7.73. The highest BCUT2D eigenvalue weighted by Gasteiger charge is 2.36. The Morgan fingerprint density at radius 2 is 0.755 bits per heavy atom. The van der Waals surface area contributed by atoms with E-state index in [0.29, 0.717) is 0 Å². The van der Waals surface area contributed by atoms with Crippen molar-refractivity contribution in [2.75, 3.05) is 5.53 Å². The fourth-order valence-corrected chi connectivity index (χ4v) is 7.73. The summed E-state index contributed by atoms with van der Waals surface area (Å²) in [5.74, 6) is 0. The van der Waals surface area contributed by atoms with Crippen LogP contribution < -0.4 is 5.53 Å². The molecule has 1 aromatic heterocycles. The van der Waals surface area contributed by atoms with E-state index in [1.54, 1.807) is 0 Å². The highest BCUT2D eigenvalue weighted by molar-refractivity contribution is 6.33. The summed E-state index contributed by atoms with van der Waals surface area (Å²) < 4.78 is 2.26. The average Bonchev–Trinajstić information content (AvgIpc) is 4.06. The standard InChI is InChI=1S/C44H31N5.2C2H6/c1-5-13-29(14-6-1)41-33-21-22-34(45-33)42(30-15-7-2-8-16-30)39-27-28-40-44(32-19-11-4-12-20-32)36-24-23-35(46-36)43(31-17-9-3-10-18-31)38-26-25-37(41)48(38)47-49(39)40;2*1-2/h1-26,47H,27-28H2;2*1-2H3. The molecule has 0 atom stereocenters. The Morgan fingerprint density at radius 1 is 0.415 bits per heavy atom. The summed E-state index contributed by atoms with van der Waals surface area (Å²) >= 11 is 0. The Labute approximate surface area is 312 Å². The maximum atomic E-state index is 5.44. The minimum atomic E-state index is 0.842. The van der Waals surface area contributed by atoms with Crippen molar-refractivity contribution in [2.24, 2.45) is 9.98 Å². The molecule has 10 rings (SSSR count). The molecule has 5 aliphatic heterocycles. The zero-order valence-electron chi connectivity index (χ0n) is 30.7. The number of nitrogens with one attached hydrogen (secondary N) is 1. The molecule has 6 heterocycles. The third-order valence-electron chi connectivity index (χ3n) is 9.86. The van der Waals surface area contributed by atoms with Crippen LogP contribution in [0.25, 0.3) is 22.3 Å². The van der Waals surface area contributed by atoms with Gasteiger partial charge in [0, 0.05) is 22.3 Å². The summed E-state index contributed by atoms with van der Waals surface area (Å²) in [6, 6.07) is 47.1. The molecule has 0 spiro atoms. The predicted octanol–water partition coefficient (Wildman–Crippen LogP) is 11.5. The van der Waals surface area contributed by atoms with E-state index >= 15 is 0 Å². The lowest BCUT2D eigenvalue weighted by atomic mass is 9.97. The molecule has 0 saturated carbocycles. The van der Waals surface area contributed by atoms with Crippen LogP contribution in [-0.4, -0.2) is 21.1 Å². The van der Waals surface area contributed by atoms with Crippen molar-refractivity contribution in [3.8, 4) is 0 Å². The first-order valence-corrected chi connectivity index (χ1v) is 18.8. The van der Waals surface area contributed by atoms with Crippen LogP contribution in [0, 0.1) is 0 Å². The predicted molar refractivity (Wildman–Crippen MR) is 222 cm³/mol. The van der Waals surface area contributed by atoms with Crippen LogP contribution in [0.4, 0.5) is 0 Å². The number of hydrogen-bond acceptors (Lipinski definition) is 4. The van der Waals surface area contributed by atoms with Crippen LogP contribution in [0.3, 0.4) is 0 Å². The van der Waals surface area contributed by atoms with Gasteiger partial charge in [-0.15, -0.1) is 0 Å². The van der Waals surface area contributed by atoms with Gasteiger partial charge in [0.15, 0.2) is 0 Å². The van der Waals surface area contributed by atoms with Crippen molar-refractivity contribution in [1.82, 2.24) is 9.69 Å². The molecule has 5 nitrogen and oxygen atoms in total. The molecule has 5 aliphatic rings. The maximum Gasteiger partial charge on any atom is 0.0746 e. The summed E-state index contributed by atoms with van der Waals surface area (Å²) in [7, 11) is 0. The van der Waals surface area contributed by atoms with Gasteiger partial charge in [0.1, 0.15) is 0 Å². The van der Waals surface area contributed by atoms with Gasteiger partial charge < -0.3 is 0 Å². The SMILES string of the molecule is C1=CC2=C(c3ccccc3)c3ccc4n3NN3C(=C(c5ccccc5)C1=N2)CCC3=C(c1ccccc1)C1=NC(=C4c2ccccc2)C=C1.CC.CC. The highest BCUT2D eigenvalue weighted by Crippen LogP contribution is 2.45. The first-order chi connectivity index (χ1) is 26.3. The van der Waals surface area contributed by atoms with Crippen molar-refractivity contribution in [3.05, 3.63) is 214 Å². The number of hydrogen-bond donors (Lipinski definition) is 1. The van der Waals surface area contributed by atoms with E-state index in [2.05, 4.69) is 173 Å². The fraction of sp³-hybridized carbons (Fsp3) is 0.125. The smallest absolute Gasteiger partial charge is 0.0746 e. The van der Waals surface area contributed by atoms with Crippen molar-refractivity contribution < 1.29 is 0 Å². The van der Waals surface area contributed by atoms with Gasteiger partial charge in [-0.1, -0.05) is 149 Å². The maximum absolute atomic E-state index is 5.44. The molecule has 0 aliphatic carbocycles. The number of nitrogens with zero attached hydrogens (tertiary/aromatic N) is 4. The van der Waals surface area contributed by atoms with E-state index in [4.69, 9.17) is 9.98 Å². The summed E-state index contributed by atoms with van der Waals surface area (Å²) in [5, 5.41) is 2.34. The lowest BCUT2D eigenvalue weighted by molar-refractivity contribution is 0.470. The zero-order chi connectivity index (χ0) is 36.3. The van der Waals surface area contributed by atoms with Gasteiger partial charge >= 0.3 is 0 Å². The average molecular weight is 690 g/mol. The molecule has 5 aromatic rings. The van der Waals surface area contributed by atoms with E-state index in [9.17, 15) is 0 Å². The molecule has 260 valence electrons. The Bertz CT molecular complexity index is 2250. The van der Waals surface area contributed by atoms with Crippen molar-refractivity contribution in [2.45, 2.75) is 40.5 Å². The Morgan fingerprint density at radius 3 is 1.11 bits per heavy atom. The van der Waals surface area contributed by atoms with Crippen molar-refractivity contribution in [1.29, 1.82) is 0 Å². The molecule has 1 fully saturated rings. The van der Waals surface area contributed by atoms with Crippen molar-refractivity contribution in [3.63, 3.8) is 0 Å². The molecule has 1 saturated heterocycles. The Balaban J connectivity index is 0.000000969. The number of hydrazine groups is 1. The second-order valence-electron chi connectivity index (χ2n) is 12.7. The number of fused-ring (bicyclic) bond motifs is 2. The molecule has 0 radical (unpaired) electrons. The third kappa shape index (κ3) is 5.84. The van der Waals surface area contributed by atoms with Gasteiger partial charge in [-0.2, -0.15) is 0 Å². The van der Waals surface area contributed by atoms with Crippen molar-refractivity contribution >= 4 is 33.7 Å². The Hall–Kier alpha value is -6.46. The molecule has 1 N–H and O–H groups in total. The second kappa shape index (κ2) is 14.6. The topological polar surface area (TPSA) is 44.9 Å². The van der Waals surface area contributed by atoms with Crippen LogP contribution in [0.5, 0.6) is 0 Å². The first kappa shape index (κ1) is 33.7. The monoisotopic (exact) mass is 689 g/mol. The van der Waals surface area contributed by atoms with E-state index < -0.39 is 0 Å². The summed E-state index contributed by atoms with van der Waals surface area (Å²) in [4.78, 5) is 10.9. The van der Waals surface area contributed by atoms with Crippen LogP contribution in [-0.2, 0) is 0 Å². The van der Waals surface area contributed by atoms with E-state index in [1.807, 2.05) is 27.7 Å². The lowest BCUT2D eigenvalue weighted by Gasteiger charge is -2.32. The van der Waals surface area contributed by atoms with Gasteiger partial charge in [0.2, 0.25) is 0 Å². The Kier molecular flexibility index (Phi) is 9.30. The molecule has 53 heavy (non-hydrogen) atoms. The molecule has 0 unspecified atom stereocenters. The molecular formula is C48H43N5. The lowest BCUT2D eigenvalue weighted by Crippen LogP contribution is -2.36. The van der Waals surface area contributed by atoms with E-state index in [1.165, 1.54) is 11.4 Å². The summed E-state index contributed by atoms with van der Waals surface area (Å²) in [6.45, 7) is 8.00. The van der Waals surface area contributed by atoms with Gasteiger partial charge in [0.05, 0.1) is 45.6 Å². The van der Waals surface area contributed by atoms with Gasteiger partial charge in [-0.25, -0.2) is 25.2 Å². The van der Waals surface area contributed by atoms with Crippen LogP contribution in [0.1, 0.15) is 74.2 Å². The first-order valence-electron chi connectivity index (χ1n) is 18.8. The number of allylic oxidation sites excluding steroid dienone is 8. The van der Waals surface area contributed by atoms with Crippen LogP contribution in [0.15, 0.2) is 191 Å².